The fourth-order valence-electron chi connectivity index (χ4n) is 3.83. The Labute approximate surface area is 175 Å². The Kier molecular flexibility index (Phi) is 6.31. The van der Waals surface area contributed by atoms with Crippen LogP contribution in [0.2, 0.25) is 0 Å². The number of amides is 2. The fraction of sp³-hybridized carbons (Fsp3) is 0.429. The van der Waals surface area contributed by atoms with Gasteiger partial charge in [0.1, 0.15) is 6.67 Å². The van der Waals surface area contributed by atoms with E-state index in [1.165, 1.54) is 43.6 Å². The topological polar surface area (TPSA) is 77.2 Å². The van der Waals surface area contributed by atoms with E-state index in [0.717, 1.165) is 22.8 Å². The normalized spacial score (nSPS) is 17.5. The zero-order chi connectivity index (χ0) is 20.1. The fourth-order valence-corrected chi connectivity index (χ4v) is 4.87. The lowest BCUT2D eigenvalue weighted by molar-refractivity contribution is 0.0820. The molecule has 0 aliphatic carbocycles. The molecule has 2 amide bonds. The van der Waals surface area contributed by atoms with Gasteiger partial charge in [0.05, 0.1) is 11.4 Å². The number of nitrogens with two attached hydrogens (primary N) is 1. The molecule has 0 radical (unpaired) electrons. The Morgan fingerprint density at radius 2 is 1.86 bits per heavy atom. The first kappa shape index (κ1) is 19.7. The number of nitrogens with one attached hydrogen (secondary N) is 1. The third kappa shape index (κ3) is 4.89. The molecule has 0 spiro atoms. The number of hydrogen-bond donors (Lipinski definition) is 2. The summed E-state index contributed by atoms with van der Waals surface area (Å²) >= 11 is 1.74. The van der Waals surface area contributed by atoms with E-state index in [2.05, 4.69) is 27.6 Å². The van der Waals surface area contributed by atoms with Gasteiger partial charge >= 0.3 is 6.03 Å². The highest BCUT2D eigenvalue weighted by atomic mass is 32.1. The molecule has 4 rings (SSSR count). The molecule has 0 atom stereocenters. The van der Waals surface area contributed by atoms with Crippen molar-refractivity contribution >= 4 is 23.2 Å². The van der Waals surface area contributed by atoms with Gasteiger partial charge in [-0.3, -0.25) is 10.3 Å². The van der Waals surface area contributed by atoms with Crippen LogP contribution < -0.4 is 11.2 Å². The highest BCUT2D eigenvalue weighted by Crippen LogP contribution is 2.24. The van der Waals surface area contributed by atoms with Crippen molar-refractivity contribution in [3.05, 3.63) is 57.8 Å². The Balaban J connectivity index is 1.47. The molecule has 2 aliphatic rings. The molecule has 2 aliphatic heterocycles. The number of hydrazine groups is 1. The van der Waals surface area contributed by atoms with Gasteiger partial charge in [-0.2, -0.15) is 5.10 Å². The predicted octanol–water partition coefficient (Wildman–Crippen LogP) is 3.14. The highest BCUT2D eigenvalue weighted by Gasteiger charge is 2.28. The number of primary amides is 1. The zero-order valence-electron chi connectivity index (χ0n) is 16.6. The summed E-state index contributed by atoms with van der Waals surface area (Å²) in [6, 6.07) is 13.6. The van der Waals surface area contributed by atoms with E-state index < -0.39 is 6.03 Å². The smallest absolute Gasteiger partial charge is 0.334 e. The second-order valence-electron chi connectivity index (χ2n) is 7.49. The van der Waals surface area contributed by atoms with E-state index in [1.807, 2.05) is 35.3 Å². The molecule has 1 fully saturated rings. The molecule has 1 saturated heterocycles. The number of carbonyl (C=O) groups is 1. The zero-order valence-corrected chi connectivity index (χ0v) is 17.4. The molecule has 1 aromatic heterocycles. The number of urea groups is 1. The van der Waals surface area contributed by atoms with Crippen molar-refractivity contribution in [3.63, 3.8) is 0 Å². The lowest BCUT2D eigenvalue weighted by Gasteiger charge is -2.31. The van der Waals surface area contributed by atoms with Crippen LogP contribution >= 0.6 is 11.3 Å². The Hall–Kier alpha value is -2.58. The van der Waals surface area contributed by atoms with Gasteiger partial charge in [-0.05, 0) is 43.6 Å². The molecule has 3 N–H and O–H groups in total. The first-order chi connectivity index (χ1) is 14.2. The number of nitrogens with zero attached hydrogens (tertiary/aromatic N) is 4. The minimum absolute atomic E-state index is 0.406. The van der Waals surface area contributed by atoms with Crippen LogP contribution in [0.1, 0.15) is 41.0 Å². The van der Waals surface area contributed by atoms with Gasteiger partial charge in [0.25, 0.3) is 0 Å². The summed E-state index contributed by atoms with van der Waals surface area (Å²) in [6.07, 6.45) is 5.26. The summed E-state index contributed by atoms with van der Waals surface area (Å²) in [5, 5.41) is 7.82. The molecule has 1 aromatic carbocycles. The van der Waals surface area contributed by atoms with E-state index in [4.69, 9.17) is 5.73 Å². The van der Waals surface area contributed by atoms with Crippen molar-refractivity contribution in [2.75, 3.05) is 19.8 Å². The molecule has 154 valence electrons. The van der Waals surface area contributed by atoms with E-state index in [0.29, 0.717) is 13.2 Å². The maximum atomic E-state index is 12.2. The van der Waals surface area contributed by atoms with Crippen LogP contribution in [0, 0.1) is 0 Å². The summed E-state index contributed by atoms with van der Waals surface area (Å²) in [6.45, 7) is 4.16. The van der Waals surface area contributed by atoms with E-state index >= 15 is 0 Å². The van der Waals surface area contributed by atoms with E-state index in [9.17, 15) is 4.79 Å². The number of rotatable bonds is 6. The number of hydrazone groups is 1. The average molecular weight is 413 g/mol. The largest absolute Gasteiger partial charge is 0.350 e. The van der Waals surface area contributed by atoms with Gasteiger partial charge in [0.2, 0.25) is 0 Å². The first-order valence-electron chi connectivity index (χ1n) is 10.2. The van der Waals surface area contributed by atoms with Crippen LogP contribution in [0.5, 0.6) is 0 Å². The summed E-state index contributed by atoms with van der Waals surface area (Å²) in [4.78, 5) is 17.1. The lowest BCUT2D eigenvalue weighted by Crippen LogP contribution is -2.50. The number of carbonyl (C=O) groups excluding carboxylic acids is 1. The van der Waals surface area contributed by atoms with Crippen molar-refractivity contribution in [3.8, 4) is 0 Å². The van der Waals surface area contributed by atoms with Gasteiger partial charge in [-0.25, -0.2) is 14.8 Å². The molecule has 3 heterocycles. The van der Waals surface area contributed by atoms with Gasteiger partial charge in [-0.15, -0.1) is 11.3 Å². The maximum Gasteiger partial charge on any atom is 0.334 e. The Morgan fingerprint density at radius 1 is 1.10 bits per heavy atom. The van der Waals surface area contributed by atoms with Crippen LogP contribution in [0.4, 0.5) is 4.79 Å². The molecular formula is C21H28N6OS. The predicted molar refractivity (Wildman–Crippen MR) is 116 cm³/mol. The monoisotopic (exact) mass is 412 g/mol. The number of likely N-dealkylation sites (tertiary alicyclic amines) is 1. The first-order valence-corrected chi connectivity index (χ1v) is 11.0. The number of amidine groups is 1. The standard InChI is InChI=1S/C21H28N6OS/c22-21(28)26(14-17-8-4-3-5-9-17)27-16-23-24-20(27)19-11-10-18(29-19)15-25-12-6-1-2-7-13-25/h3-5,8-11,23H,1-2,6-7,12-16H2,(H2,22,28). The second-order valence-corrected chi connectivity index (χ2v) is 8.66. The van der Waals surface area contributed by atoms with Crippen LogP contribution in [0.25, 0.3) is 0 Å². The summed E-state index contributed by atoms with van der Waals surface area (Å²) in [7, 11) is 0. The molecular weight excluding hydrogens is 384 g/mol. The van der Waals surface area contributed by atoms with Crippen molar-refractivity contribution in [1.29, 1.82) is 0 Å². The van der Waals surface area contributed by atoms with Gasteiger partial charge in [0.15, 0.2) is 5.84 Å². The van der Waals surface area contributed by atoms with E-state index in [-0.39, 0.29) is 0 Å². The van der Waals surface area contributed by atoms with Crippen molar-refractivity contribution in [2.45, 2.75) is 38.8 Å². The van der Waals surface area contributed by atoms with Gasteiger partial charge in [-0.1, -0.05) is 43.2 Å². The Bertz CT molecular complexity index is 844. The van der Waals surface area contributed by atoms with Crippen LogP contribution in [0.15, 0.2) is 47.6 Å². The molecule has 8 heteroatoms. The molecule has 0 unspecified atom stereocenters. The maximum absolute atomic E-state index is 12.2. The third-order valence-corrected chi connectivity index (χ3v) is 6.40. The van der Waals surface area contributed by atoms with Gasteiger partial charge < -0.3 is 5.73 Å². The average Bonchev–Trinajstić information content (AvgIpc) is 3.31. The number of hydrogen-bond acceptors (Lipinski definition) is 6. The minimum Gasteiger partial charge on any atom is -0.350 e. The van der Waals surface area contributed by atoms with Crippen LogP contribution in [0.3, 0.4) is 0 Å². The molecule has 0 saturated carbocycles. The lowest BCUT2D eigenvalue weighted by atomic mass is 10.2. The molecule has 2 aromatic rings. The van der Waals surface area contributed by atoms with E-state index in [1.54, 1.807) is 16.3 Å². The van der Waals surface area contributed by atoms with Crippen molar-refractivity contribution in [1.82, 2.24) is 20.3 Å². The number of benzene rings is 1. The molecule has 7 nitrogen and oxygen atoms in total. The quantitative estimate of drug-likeness (QED) is 0.764. The summed E-state index contributed by atoms with van der Waals surface area (Å²) in [5.74, 6) is 0.742. The SMILES string of the molecule is NC(=O)N(Cc1ccccc1)N1CNN=C1c1ccc(CN2CCCCCC2)s1. The van der Waals surface area contributed by atoms with Crippen molar-refractivity contribution < 1.29 is 4.79 Å². The number of thiophene rings is 1. The van der Waals surface area contributed by atoms with Crippen LogP contribution in [-0.4, -0.2) is 46.5 Å². The molecule has 0 bridgehead atoms. The third-order valence-electron chi connectivity index (χ3n) is 5.33. The Morgan fingerprint density at radius 3 is 2.59 bits per heavy atom. The molecule has 29 heavy (non-hydrogen) atoms. The summed E-state index contributed by atoms with van der Waals surface area (Å²) in [5.41, 5.74) is 9.73. The second kappa shape index (κ2) is 9.28. The highest BCUT2D eigenvalue weighted by molar-refractivity contribution is 7.14. The van der Waals surface area contributed by atoms with Gasteiger partial charge in [0, 0.05) is 11.4 Å². The van der Waals surface area contributed by atoms with Crippen molar-refractivity contribution in [2.24, 2.45) is 10.8 Å². The summed E-state index contributed by atoms with van der Waals surface area (Å²) < 4.78 is 0. The van der Waals surface area contributed by atoms with Crippen LogP contribution in [-0.2, 0) is 13.1 Å². The minimum atomic E-state index is -0.494.